The molecule has 4 atom stereocenters. The maximum absolute atomic E-state index is 13.3. The summed E-state index contributed by atoms with van der Waals surface area (Å²) in [6.07, 6.45) is -5.10. The van der Waals surface area contributed by atoms with Gasteiger partial charge in [0.05, 0.1) is 5.56 Å². The molecular weight excluding hydrogens is 438 g/mol. The Morgan fingerprint density at radius 1 is 1.09 bits per heavy atom. The van der Waals surface area contributed by atoms with Gasteiger partial charge in [-0.05, 0) is 0 Å². The van der Waals surface area contributed by atoms with Crippen molar-refractivity contribution in [3.05, 3.63) is 32.6 Å². The molecule has 2 fully saturated rings. The summed E-state index contributed by atoms with van der Waals surface area (Å²) in [5.74, 6) is -5.10. The second-order valence-electron chi connectivity index (χ2n) is 7.71. The quantitative estimate of drug-likeness (QED) is 0.470. The molecule has 3 rings (SSSR count). The Morgan fingerprint density at radius 3 is 2.22 bits per heavy atom. The van der Waals surface area contributed by atoms with Gasteiger partial charge in [-0.2, -0.15) is 0 Å². The second kappa shape index (κ2) is 8.81. The first kappa shape index (κ1) is 23.6. The Morgan fingerprint density at radius 2 is 1.69 bits per heavy atom. The van der Waals surface area contributed by atoms with E-state index in [1.54, 1.807) is 0 Å². The van der Waals surface area contributed by atoms with E-state index < -0.39 is 78.4 Å². The molecule has 1 saturated heterocycles. The second-order valence-corrected chi connectivity index (χ2v) is 7.71. The van der Waals surface area contributed by atoms with Crippen LogP contribution in [0.3, 0.4) is 0 Å². The van der Waals surface area contributed by atoms with Crippen molar-refractivity contribution in [2.75, 3.05) is 6.61 Å². The maximum atomic E-state index is 13.3. The van der Waals surface area contributed by atoms with Gasteiger partial charge in [0.25, 0.3) is 11.5 Å². The van der Waals surface area contributed by atoms with Gasteiger partial charge in [0, 0.05) is 45.9 Å². The number of H-pyrrole nitrogens is 1. The molecular formula is C19H22F2N2O9. The lowest BCUT2D eigenvalue weighted by atomic mass is 9.88. The zero-order chi connectivity index (χ0) is 23.8. The Labute approximate surface area is 179 Å². The molecule has 0 radical (unpaired) electrons. The van der Waals surface area contributed by atoms with Crippen LogP contribution in [0.2, 0.25) is 0 Å². The molecule has 1 aliphatic carbocycles. The molecule has 0 spiro atoms. The van der Waals surface area contributed by atoms with Gasteiger partial charge in [0.15, 0.2) is 12.2 Å². The molecule has 2 unspecified atom stereocenters. The highest BCUT2D eigenvalue weighted by molar-refractivity contribution is 5.68. The molecule has 1 saturated carbocycles. The number of ether oxygens (including phenoxy) is 4. The summed E-state index contributed by atoms with van der Waals surface area (Å²) in [5, 5.41) is 0. The van der Waals surface area contributed by atoms with Crippen LogP contribution in [0.5, 0.6) is 0 Å². The highest BCUT2D eigenvalue weighted by atomic mass is 19.3. The van der Waals surface area contributed by atoms with Crippen LogP contribution < -0.4 is 11.2 Å². The summed E-state index contributed by atoms with van der Waals surface area (Å²) in [6, 6.07) is -0.845. The van der Waals surface area contributed by atoms with Crippen molar-refractivity contribution >= 4 is 17.9 Å². The summed E-state index contributed by atoms with van der Waals surface area (Å²) >= 11 is 0. The van der Waals surface area contributed by atoms with Crippen molar-refractivity contribution < 1.29 is 42.1 Å². The SMILES string of the molecule is CC(=O)OC[C@H]1O[C@@H](c2cn(C3CC(F)(F)C3)c(=O)[nH]c2=O)C(OC(C)=O)C1OC(C)=O. The van der Waals surface area contributed by atoms with Gasteiger partial charge in [-0.25, -0.2) is 13.6 Å². The number of nitrogens with zero attached hydrogens (tertiary/aromatic N) is 1. The van der Waals surface area contributed by atoms with E-state index >= 15 is 0 Å². The third-order valence-electron chi connectivity index (χ3n) is 5.13. The number of aromatic nitrogens is 2. The first-order chi connectivity index (χ1) is 14.9. The van der Waals surface area contributed by atoms with E-state index in [1.165, 1.54) is 0 Å². The molecule has 32 heavy (non-hydrogen) atoms. The fourth-order valence-corrected chi connectivity index (χ4v) is 3.77. The predicted molar refractivity (Wildman–Crippen MR) is 99.9 cm³/mol. The lowest BCUT2D eigenvalue weighted by molar-refractivity contribution is -0.165. The van der Waals surface area contributed by atoms with Crippen molar-refractivity contribution in [3.63, 3.8) is 0 Å². The average Bonchev–Trinajstić information content (AvgIpc) is 2.94. The number of hydrogen-bond acceptors (Lipinski definition) is 9. The van der Waals surface area contributed by atoms with Crippen LogP contribution in [0.1, 0.15) is 51.3 Å². The summed E-state index contributed by atoms with van der Waals surface area (Å²) in [7, 11) is 0. The van der Waals surface area contributed by atoms with Crippen LogP contribution in [0, 0.1) is 0 Å². The number of rotatable bonds is 6. The van der Waals surface area contributed by atoms with Crippen LogP contribution in [0.25, 0.3) is 0 Å². The van der Waals surface area contributed by atoms with Crippen molar-refractivity contribution in [2.45, 2.75) is 70.0 Å². The van der Waals surface area contributed by atoms with Crippen LogP contribution >= 0.6 is 0 Å². The molecule has 13 heteroatoms. The van der Waals surface area contributed by atoms with Gasteiger partial charge < -0.3 is 18.9 Å². The molecule has 0 bridgehead atoms. The first-order valence-corrected chi connectivity index (χ1v) is 9.74. The normalized spacial score (nSPS) is 26.8. The Bertz CT molecular complexity index is 1030. The van der Waals surface area contributed by atoms with Gasteiger partial charge in [0.1, 0.15) is 18.8 Å². The number of aromatic amines is 1. The minimum Gasteiger partial charge on any atom is -0.463 e. The molecule has 1 N–H and O–H groups in total. The molecule has 1 aromatic rings. The molecule has 1 aliphatic heterocycles. The Kier molecular flexibility index (Phi) is 6.49. The summed E-state index contributed by atoms with van der Waals surface area (Å²) in [4.78, 5) is 61.3. The van der Waals surface area contributed by atoms with E-state index in [4.69, 9.17) is 18.9 Å². The molecule has 2 heterocycles. The fraction of sp³-hybridized carbons (Fsp3) is 0.632. The predicted octanol–water partition coefficient (Wildman–Crippen LogP) is 0.373. The fourth-order valence-electron chi connectivity index (χ4n) is 3.77. The van der Waals surface area contributed by atoms with Crippen molar-refractivity contribution in [3.8, 4) is 0 Å². The maximum Gasteiger partial charge on any atom is 0.328 e. The van der Waals surface area contributed by atoms with E-state index in [-0.39, 0.29) is 12.2 Å². The summed E-state index contributed by atoms with van der Waals surface area (Å²) in [6.45, 7) is 2.95. The van der Waals surface area contributed by atoms with Crippen molar-refractivity contribution in [1.82, 2.24) is 9.55 Å². The van der Waals surface area contributed by atoms with Gasteiger partial charge in [-0.3, -0.25) is 28.7 Å². The number of carbonyl (C=O) groups is 3. The number of hydrogen-bond donors (Lipinski definition) is 1. The van der Waals surface area contributed by atoms with Crippen LogP contribution in [0.15, 0.2) is 15.8 Å². The molecule has 0 amide bonds. The number of carbonyl (C=O) groups excluding carboxylic acids is 3. The minimum atomic E-state index is -2.92. The van der Waals surface area contributed by atoms with Crippen LogP contribution in [-0.4, -0.2) is 58.3 Å². The lowest BCUT2D eigenvalue weighted by Gasteiger charge is -2.36. The topological polar surface area (TPSA) is 143 Å². The number of nitrogens with one attached hydrogen (secondary N) is 1. The Balaban J connectivity index is 2.00. The lowest BCUT2D eigenvalue weighted by Crippen LogP contribution is -2.44. The molecule has 2 aliphatic rings. The smallest absolute Gasteiger partial charge is 0.328 e. The average molecular weight is 460 g/mol. The van der Waals surface area contributed by atoms with Crippen molar-refractivity contribution in [2.24, 2.45) is 0 Å². The highest BCUT2D eigenvalue weighted by Crippen LogP contribution is 2.45. The van der Waals surface area contributed by atoms with Crippen LogP contribution in [-0.2, 0) is 33.3 Å². The van der Waals surface area contributed by atoms with E-state index in [2.05, 4.69) is 0 Å². The van der Waals surface area contributed by atoms with Crippen LogP contribution in [0.4, 0.5) is 8.78 Å². The highest BCUT2D eigenvalue weighted by Gasteiger charge is 2.52. The zero-order valence-corrected chi connectivity index (χ0v) is 17.5. The van der Waals surface area contributed by atoms with Gasteiger partial charge in [0.2, 0.25) is 0 Å². The third kappa shape index (κ3) is 5.03. The van der Waals surface area contributed by atoms with E-state index in [0.29, 0.717) is 0 Å². The third-order valence-corrected chi connectivity index (χ3v) is 5.13. The largest absolute Gasteiger partial charge is 0.463 e. The number of esters is 3. The first-order valence-electron chi connectivity index (χ1n) is 9.74. The number of halogens is 2. The summed E-state index contributed by atoms with van der Waals surface area (Å²) < 4.78 is 48.7. The van der Waals surface area contributed by atoms with E-state index in [9.17, 15) is 32.8 Å². The van der Waals surface area contributed by atoms with Crippen molar-refractivity contribution in [1.29, 1.82) is 0 Å². The van der Waals surface area contributed by atoms with Gasteiger partial charge in [-0.1, -0.05) is 0 Å². The monoisotopic (exact) mass is 460 g/mol. The standard InChI is InChI=1S/C19H22F2N2O9/c1-8(24)29-7-13-15(30-9(2)25)16(31-10(3)26)14(32-13)12-6-23(18(28)22-17(12)27)11-4-19(20,21)5-11/h6,11,13-16H,4-5,7H2,1-3H3,(H,22,27,28)/t13-,14+,15?,16?/m1/s1. The molecule has 1 aromatic heterocycles. The van der Waals surface area contributed by atoms with Gasteiger partial charge in [-0.15, -0.1) is 0 Å². The molecule has 176 valence electrons. The molecule has 11 nitrogen and oxygen atoms in total. The Hall–Kier alpha value is -3.09. The minimum absolute atomic E-state index is 0.200. The van der Waals surface area contributed by atoms with E-state index in [0.717, 1.165) is 31.5 Å². The summed E-state index contributed by atoms with van der Waals surface area (Å²) in [5.41, 5.74) is -1.97. The van der Waals surface area contributed by atoms with Gasteiger partial charge >= 0.3 is 23.6 Å². The number of alkyl halides is 2. The zero-order valence-electron chi connectivity index (χ0n) is 17.5. The van der Waals surface area contributed by atoms with E-state index in [1.807, 2.05) is 4.98 Å². The molecule has 0 aromatic carbocycles.